The Labute approximate surface area is 108 Å². The predicted octanol–water partition coefficient (Wildman–Crippen LogP) is 4.62. The van der Waals surface area contributed by atoms with Gasteiger partial charge in [-0.2, -0.15) is 11.8 Å². The van der Waals surface area contributed by atoms with Gasteiger partial charge in [0.1, 0.15) is 0 Å². The largest absolute Gasteiger partial charge is 0.292 e. The van der Waals surface area contributed by atoms with E-state index in [-0.39, 0.29) is 5.78 Å². The lowest BCUT2D eigenvalue weighted by atomic mass is 10.3. The quantitative estimate of drug-likeness (QED) is 0.540. The molecule has 0 saturated heterocycles. The minimum absolute atomic E-state index is 0.248. The summed E-state index contributed by atoms with van der Waals surface area (Å²) in [6.07, 6.45) is 3.73. The first-order valence-corrected chi connectivity index (χ1v) is 7.92. The SMILES string of the molecule is CCCCCSCC(=O)c1sccc1Br. The highest BCUT2D eigenvalue weighted by Crippen LogP contribution is 2.24. The van der Waals surface area contributed by atoms with Crippen LogP contribution in [0.15, 0.2) is 15.9 Å². The molecule has 0 spiro atoms. The standard InChI is InChI=1S/C11H15BrOS2/c1-2-3-4-6-14-8-10(13)11-9(12)5-7-15-11/h5,7H,2-4,6,8H2,1H3. The number of thiophene rings is 1. The van der Waals surface area contributed by atoms with Crippen LogP contribution in [0.1, 0.15) is 35.9 Å². The van der Waals surface area contributed by atoms with Gasteiger partial charge in [0.2, 0.25) is 0 Å². The topological polar surface area (TPSA) is 17.1 Å². The lowest BCUT2D eigenvalue weighted by Crippen LogP contribution is -2.01. The van der Waals surface area contributed by atoms with Gasteiger partial charge in [-0.15, -0.1) is 11.3 Å². The molecule has 0 aliphatic rings. The van der Waals surface area contributed by atoms with Gasteiger partial charge in [-0.3, -0.25) is 4.79 Å². The zero-order chi connectivity index (χ0) is 11.1. The molecule has 1 heterocycles. The van der Waals surface area contributed by atoms with Gasteiger partial charge in [0, 0.05) is 4.47 Å². The fourth-order valence-electron chi connectivity index (χ4n) is 1.18. The molecule has 1 nitrogen and oxygen atoms in total. The fraction of sp³-hybridized carbons (Fsp3) is 0.545. The first kappa shape index (κ1) is 13.3. The Morgan fingerprint density at radius 3 is 2.93 bits per heavy atom. The second-order valence-corrected chi connectivity index (χ2v) is 6.16. The molecule has 0 radical (unpaired) electrons. The van der Waals surface area contributed by atoms with Crippen molar-refractivity contribution in [1.82, 2.24) is 0 Å². The molecule has 0 amide bonds. The molecule has 1 aromatic rings. The summed E-state index contributed by atoms with van der Waals surface area (Å²) < 4.78 is 0.937. The van der Waals surface area contributed by atoms with E-state index in [1.165, 1.54) is 30.6 Å². The number of thioether (sulfide) groups is 1. The molecule has 0 bridgehead atoms. The lowest BCUT2D eigenvalue weighted by molar-refractivity contribution is 0.102. The molecule has 4 heteroatoms. The van der Waals surface area contributed by atoms with Crippen molar-refractivity contribution < 1.29 is 4.79 Å². The molecule has 0 unspecified atom stereocenters. The van der Waals surface area contributed by atoms with Gasteiger partial charge in [-0.25, -0.2) is 0 Å². The molecule has 0 aromatic carbocycles. The summed E-state index contributed by atoms with van der Waals surface area (Å²) >= 11 is 6.64. The maximum atomic E-state index is 11.7. The first-order chi connectivity index (χ1) is 7.25. The predicted molar refractivity (Wildman–Crippen MR) is 73.2 cm³/mol. The van der Waals surface area contributed by atoms with Crippen LogP contribution in [-0.4, -0.2) is 17.3 Å². The highest BCUT2D eigenvalue weighted by Gasteiger charge is 2.10. The smallest absolute Gasteiger partial charge is 0.183 e. The third-order valence-electron chi connectivity index (χ3n) is 2.00. The molecular formula is C11H15BrOS2. The van der Waals surface area contributed by atoms with E-state index in [1.54, 1.807) is 11.8 Å². The molecular weight excluding hydrogens is 292 g/mol. The minimum atomic E-state index is 0.248. The minimum Gasteiger partial charge on any atom is -0.292 e. The highest BCUT2D eigenvalue weighted by atomic mass is 79.9. The van der Waals surface area contributed by atoms with E-state index in [0.29, 0.717) is 5.75 Å². The molecule has 0 aliphatic heterocycles. The molecule has 0 N–H and O–H groups in total. The highest BCUT2D eigenvalue weighted by molar-refractivity contribution is 9.10. The molecule has 84 valence electrons. The maximum Gasteiger partial charge on any atom is 0.183 e. The van der Waals surface area contributed by atoms with E-state index < -0.39 is 0 Å². The Bertz CT molecular complexity index is 309. The van der Waals surface area contributed by atoms with Crippen LogP contribution in [-0.2, 0) is 0 Å². The van der Waals surface area contributed by atoms with Crippen LogP contribution < -0.4 is 0 Å². The third kappa shape index (κ3) is 4.70. The maximum absolute atomic E-state index is 11.7. The average molecular weight is 307 g/mol. The van der Waals surface area contributed by atoms with E-state index in [1.807, 2.05) is 11.4 Å². The van der Waals surface area contributed by atoms with E-state index in [0.717, 1.165) is 15.1 Å². The van der Waals surface area contributed by atoms with Crippen LogP contribution in [0.4, 0.5) is 0 Å². The van der Waals surface area contributed by atoms with E-state index in [9.17, 15) is 4.79 Å². The van der Waals surface area contributed by atoms with Gasteiger partial charge in [0.05, 0.1) is 10.6 Å². The summed E-state index contributed by atoms with van der Waals surface area (Å²) in [5.74, 6) is 1.96. The molecule has 1 aromatic heterocycles. The summed E-state index contributed by atoms with van der Waals surface area (Å²) in [4.78, 5) is 12.6. The summed E-state index contributed by atoms with van der Waals surface area (Å²) in [5.41, 5.74) is 0. The Morgan fingerprint density at radius 1 is 1.53 bits per heavy atom. The number of carbonyl (C=O) groups excluding carboxylic acids is 1. The number of carbonyl (C=O) groups is 1. The van der Waals surface area contributed by atoms with Crippen LogP contribution in [0.3, 0.4) is 0 Å². The molecule has 0 aliphatic carbocycles. The van der Waals surface area contributed by atoms with Crippen molar-refractivity contribution in [3.8, 4) is 0 Å². The van der Waals surface area contributed by atoms with Crippen LogP contribution in [0.5, 0.6) is 0 Å². The van der Waals surface area contributed by atoms with Crippen LogP contribution >= 0.6 is 39.0 Å². The number of rotatable bonds is 7. The van der Waals surface area contributed by atoms with E-state index in [4.69, 9.17) is 0 Å². The molecule has 0 fully saturated rings. The van der Waals surface area contributed by atoms with Gasteiger partial charge in [-0.1, -0.05) is 19.8 Å². The van der Waals surface area contributed by atoms with Crippen molar-refractivity contribution in [2.24, 2.45) is 0 Å². The van der Waals surface area contributed by atoms with Crippen molar-refractivity contribution in [2.75, 3.05) is 11.5 Å². The van der Waals surface area contributed by atoms with Crippen molar-refractivity contribution >= 4 is 44.8 Å². The Morgan fingerprint density at radius 2 is 2.33 bits per heavy atom. The van der Waals surface area contributed by atoms with Crippen molar-refractivity contribution in [3.05, 3.63) is 20.8 Å². The Hall–Kier alpha value is 0.200. The van der Waals surface area contributed by atoms with Gasteiger partial charge in [0.25, 0.3) is 0 Å². The summed E-state index contributed by atoms with van der Waals surface area (Å²) in [6, 6.07) is 1.93. The Balaban J connectivity index is 2.22. The van der Waals surface area contributed by atoms with Gasteiger partial charge < -0.3 is 0 Å². The number of ketones is 1. The molecule has 1 rings (SSSR count). The molecule has 0 saturated carbocycles. The third-order valence-corrected chi connectivity index (χ3v) is 4.92. The van der Waals surface area contributed by atoms with Crippen molar-refractivity contribution in [3.63, 3.8) is 0 Å². The van der Waals surface area contributed by atoms with Gasteiger partial charge in [0.15, 0.2) is 5.78 Å². The zero-order valence-corrected chi connectivity index (χ0v) is 12.0. The number of halogens is 1. The molecule has 15 heavy (non-hydrogen) atoms. The van der Waals surface area contributed by atoms with Crippen molar-refractivity contribution in [2.45, 2.75) is 26.2 Å². The fourth-order valence-corrected chi connectivity index (χ4v) is 3.68. The van der Waals surface area contributed by atoms with Crippen molar-refractivity contribution in [1.29, 1.82) is 0 Å². The lowest BCUT2D eigenvalue weighted by Gasteiger charge is -1.99. The second-order valence-electron chi connectivity index (χ2n) is 3.28. The van der Waals surface area contributed by atoms with Gasteiger partial charge in [-0.05, 0) is 39.6 Å². The van der Waals surface area contributed by atoms with Crippen LogP contribution in [0.2, 0.25) is 0 Å². The van der Waals surface area contributed by atoms with Crippen LogP contribution in [0.25, 0.3) is 0 Å². The number of Topliss-reactive ketones (excluding diaryl/α,β-unsaturated/α-hetero) is 1. The average Bonchev–Trinajstić information content (AvgIpc) is 2.64. The zero-order valence-electron chi connectivity index (χ0n) is 8.79. The normalized spacial score (nSPS) is 10.5. The molecule has 0 atom stereocenters. The summed E-state index contributed by atoms with van der Waals surface area (Å²) in [5, 5.41) is 1.94. The number of hydrogen-bond donors (Lipinski definition) is 0. The summed E-state index contributed by atoms with van der Waals surface area (Å²) in [6.45, 7) is 2.19. The number of unbranched alkanes of at least 4 members (excludes halogenated alkanes) is 2. The van der Waals surface area contributed by atoms with E-state index >= 15 is 0 Å². The Kier molecular flexibility index (Phi) is 6.61. The second kappa shape index (κ2) is 7.47. The van der Waals surface area contributed by atoms with Gasteiger partial charge >= 0.3 is 0 Å². The first-order valence-electron chi connectivity index (χ1n) is 5.09. The van der Waals surface area contributed by atoms with Crippen LogP contribution in [0, 0.1) is 0 Å². The van der Waals surface area contributed by atoms with E-state index in [2.05, 4.69) is 22.9 Å². The monoisotopic (exact) mass is 306 g/mol. The number of hydrogen-bond acceptors (Lipinski definition) is 3. The summed E-state index contributed by atoms with van der Waals surface area (Å²) in [7, 11) is 0.